The van der Waals surface area contributed by atoms with Crippen LogP contribution in [0.25, 0.3) is 11.0 Å². The lowest BCUT2D eigenvalue weighted by Gasteiger charge is -2.26. The molecule has 0 aliphatic heterocycles. The van der Waals surface area contributed by atoms with E-state index in [9.17, 15) is 4.79 Å². The lowest BCUT2D eigenvalue weighted by atomic mass is 9.91. The number of hydrogen-bond acceptors (Lipinski definition) is 2. The van der Waals surface area contributed by atoms with Gasteiger partial charge in [-0.15, -0.1) is 12.4 Å². The molecule has 104 valence electrons. The Hall–Kier alpha value is -0.970. The smallest absolute Gasteiger partial charge is 0.326 e. The Labute approximate surface area is 122 Å². The van der Waals surface area contributed by atoms with Gasteiger partial charge in [0.1, 0.15) is 0 Å². The Morgan fingerprint density at radius 3 is 2.63 bits per heavy atom. The number of nitrogens with one attached hydrogen (secondary N) is 1. The van der Waals surface area contributed by atoms with Crippen molar-refractivity contribution in [2.75, 3.05) is 0 Å². The monoisotopic (exact) mass is 301 g/mol. The zero-order chi connectivity index (χ0) is 12.7. The molecule has 1 saturated carbocycles. The molecule has 0 saturated heterocycles. The predicted molar refractivity (Wildman–Crippen MR) is 80.3 cm³/mol. The molecule has 0 bridgehead atoms. The van der Waals surface area contributed by atoms with E-state index in [1.807, 2.05) is 16.7 Å². The maximum Gasteiger partial charge on any atom is 0.326 e. The number of H-pyrrole nitrogens is 1. The van der Waals surface area contributed by atoms with Gasteiger partial charge in [-0.05, 0) is 43.9 Å². The van der Waals surface area contributed by atoms with Crippen LogP contribution in [0, 0.1) is 0 Å². The first-order chi connectivity index (χ1) is 8.65. The van der Waals surface area contributed by atoms with E-state index in [-0.39, 0.29) is 30.2 Å². The fourth-order valence-corrected chi connectivity index (χ4v) is 3.00. The average Bonchev–Trinajstić information content (AvgIpc) is 2.65. The lowest BCUT2D eigenvalue weighted by Crippen LogP contribution is -2.31. The van der Waals surface area contributed by atoms with E-state index in [1.165, 1.54) is 0 Å². The van der Waals surface area contributed by atoms with Gasteiger partial charge < -0.3 is 10.7 Å². The molecule has 19 heavy (non-hydrogen) atoms. The van der Waals surface area contributed by atoms with Crippen LogP contribution in [-0.2, 0) is 0 Å². The molecular formula is C13H17Cl2N3O. The van der Waals surface area contributed by atoms with Crippen molar-refractivity contribution >= 4 is 35.0 Å². The summed E-state index contributed by atoms with van der Waals surface area (Å²) in [4.78, 5) is 14.9. The maximum atomic E-state index is 12.1. The number of fused-ring (bicyclic) bond motifs is 1. The largest absolute Gasteiger partial charge is 0.328 e. The second-order valence-electron chi connectivity index (χ2n) is 5.03. The van der Waals surface area contributed by atoms with Gasteiger partial charge in [0.2, 0.25) is 0 Å². The fourth-order valence-electron chi connectivity index (χ4n) is 2.83. The molecule has 3 rings (SSSR count). The molecule has 0 amide bonds. The SMILES string of the molecule is Cl.N[C@H]1CC[C@H](n2c(=O)[nH]c3cc(Cl)ccc32)CC1. The van der Waals surface area contributed by atoms with Gasteiger partial charge in [0, 0.05) is 17.1 Å². The number of nitrogens with zero attached hydrogens (tertiary/aromatic N) is 1. The third kappa shape index (κ3) is 2.66. The molecule has 1 aromatic carbocycles. The molecule has 1 fully saturated rings. The van der Waals surface area contributed by atoms with Crippen molar-refractivity contribution in [1.29, 1.82) is 0 Å². The summed E-state index contributed by atoms with van der Waals surface area (Å²) in [6.45, 7) is 0. The molecule has 0 spiro atoms. The molecule has 4 nitrogen and oxygen atoms in total. The zero-order valence-corrected chi connectivity index (χ0v) is 12.0. The first-order valence-corrected chi connectivity index (χ1v) is 6.68. The van der Waals surface area contributed by atoms with Crippen LogP contribution in [0.2, 0.25) is 5.02 Å². The minimum absolute atomic E-state index is 0. The average molecular weight is 302 g/mol. The number of benzene rings is 1. The quantitative estimate of drug-likeness (QED) is 0.851. The number of hydrogen-bond donors (Lipinski definition) is 2. The molecule has 0 atom stereocenters. The minimum atomic E-state index is -0.0484. The number of aromatic nitrogens is 2. The topological polar surface area (TPSA) is 63.8 Å². The van der Waals surface area contributed by atoms with Gasteiger partial charge in [-0.3, -0.25) is 4.57 Å². The summed E-state index contributed by atoms with van der Waals surface area (Å²) in [5, 5.41) is 0.640. The molecule has 1 aliphatic carbocycles. The van der Waals surface area contributed by atoms with Crippen molar-refractivity contribution in [3.8, 4) is 0 Å². The van der Waals surface area contributed by atoms with E-state index in [0.717, 1.165) is 36.7 Å². The van der Waals surface area contributed by atoms with Crippen LogP contribution in [0.15, 0.2) is 23.0 Å². The summed E-state index contributed by atoms with van der Waals surface area (Å²) in [5.74, 6) is 0. The number of aromatic amines is 1. The van der Waals surface area contributed by atoms with Crippen LogP contribution in [0.4, 0.5) is 0 Å². The summed E-state index contributed by atoms with van der Waals surface area (Å²) in [5.41, 5.74) is 7.60. The van der Waals surface area contributed by atoms with Crippen molar-refractivity contribution in [2.45, 2.75) is 37.8 Å². The van der Waals surface area contributed by atoms with E-state index in [2.05, 4.69) is 4.98 Å². The van der Waals surface area contributed by atoms with Gasteiger partial charge in [0.05, 0.1) is 11.0 Å². The number of imidazole rings is 1. The van der Waals surface area contributed by atoms with Gasteiger partial charge in [-0.2, -0.15) is 0 Å². The van der Waals surface area contributed by atoms with Crippen molar-refractivity contribution in [2.24, 2.45) is 5.73 Å². The Balaban J connectivity index is 0.00000133. The van der Waals surface area contributed by atoms with Crippen LogP contribution in [-0.4, -0.2) is 15.6 Å². The molecule has 0 unspecified atom stereocenters. The summed E-state index contributed by atoms with van der Waals surface area (Å²) >= 11 is 5.94. The van der Waals surface area contributed by atoms with E-state index in [0.29, 0.717) is 5.02 Å². The molecule has 1 aromatic heterocycles. The van der Waals surface area contributed by atoms with Crippen LogP contribution >= 0.6 is 24.0 Å². The molecule has 6 heteroatoms. The minimum Gasteiger partial charge on any atom is -0.328 e. The lowest BCUT2D eigenvalue weighted by molar-refractivity contribution is 0.324. The second kappa shape index (κ2) is 5.57. The Morgan fingerprint density at radius 1 is 1.26 bits per heavy atom. The highest BCUT2D eigenvalue weighted by molar-refractivity contribution is 6.31. The maximum absolute atomic E-state index is 12.1. The molecule has 0 radical (unpaired) electrons. The normalized spacial score (nSPS) is 23.3. The van der Waals surface area contributed by atoms with E-state index < -0.39 is 0 Å². The van der Waals surface area contributed by atoms with Gasteiger partial charge in [-0.1, -0.05) is 11.6 Å². The number of halogens is 2. The summed E-state index contributed by atoms with van der Waals surface area (Å²) in [7, 11) is 0. The standard InChI is InChI=1S/C13H16ClN3O.ClH/c14-8-1-6-12-11(7-8)16-13(18)17(12)10-4-2-9(15)3-5-10;/h1,6-7,9-10H,2-5,15H2,(H,16,18);1H/t9-,10-;. The van der Waals surface area contributed by atoms with Crippen molar-refractivity contribution in [3.05, 3.63) is 33.7 Å². The summed E-state index contributed by atoms with van der Waals surface area (Å²) in [6, 6.07) is 6.07. The fraction of sp³-hybridized carbons (Fsp3) is 0.462. The predicted octanol–water partition coefficient (Wildman–Crippen LogP) is 2.85. The first kappa shape index (κ1) is 14.4. The van der Waals surface area contributed by atoms with Gasteiger partial charge in [0.25, 0.3) is 0 Å². The highest BCUT2D eigenvalue weighted by atomic mass is 35.5. The second-order valence-corrected chi connectivity index (χ2v) is 5.47. The molecule has 1 heterocycles. The van der Waals surface area contributed by atoms with Gasteiger partial charge in [-0.25, -0.2) is 4.79 Å². The molecule has 1 aliphatic rings. The molecule has 3 N–H and O–H groups in total. The van der Waals surface area contributed by atoms with E-state index in [4.69, 9.17) is 17.3 Å². The van der Waals surface area contributed by atoms with Crippen LogP contribution < -0.4 is 11.4 Å². The first-order valence-electron chi connectivity index (χ1n) is 6.30. The van der Waals surface area contributed by atoms with Gasteiger partial charge in [0.15, 0.2) is 0 Å². The Bertz CT molecular complexity index is 626. The van der Waals surface area contributed by atoms with Crippen LogP contribution in [0.1, 0.15) is 31.7 Å². The van der Waals surface area contributed by atoms with Gasteiger partial charge >= 0.3 is 5.69 Å². The van der Waals surface area contributed by atoms with Crippen molar-refractivity contribution < 1.29 is 0 Å². The number of rotatable bonds is 1. The summed E-state index contributed by atoms with van der Waals surface area (Å²) < 4.78 is 1.86. The Morgan fingerprint density at radius 2 is 1.95 bits per heavy atom. The highest BCUT2D eigenvalue weighted by Crippen LogP contribution is 2.29. The van der Waals surface area contributed by atoms with Crippen molar-refractivity contribution in [3.63, 3.8) is 0 Å². The Kier molecular flexibility index (Phi) is 4.23. The highest BCUT2D eigenvalue weighted by Gasteiger charge is 2.22. The van der Waals surface area contributed by atoms with E-state index >= 15 is 0 Å². The van der Waals surface area contributed by atoms with Crippen molar-refractivity contribution in [1.82, 2.24) is 9.55 Å². The zero-order valence-electron chi connectivity index (χ0n) is 10.4. The third-order valence-corrected chi connectivity index (χ3v) is 4.02. The number of nitrogens with two attached hydrogens (primary N) is 1. The van der Waals surface area contributed by atoms with Crippen LogP contribution in [0.3, 0.4) is 0 Å². The van der Waals surface area contributed by atoms with Crippen LogP contribution in [0.5, 0.6) is 0 Å². The third-order valence-electron chi connectivity index (χ3n) is 3.79. The molecule has 2 aromatic rings. The summed E-state index contributed by atoms with van der Waals surface area (Å²) in [6.07, 6.45) is 3.90. The molecular weight excluding hydrogens is 285 g/mol. The van der Waals surface area contributed by atoms with E-state index in [1.54, 1.807) is 6.07 Å².